The molecule has 0 aliphatic carbocycles. The van der Waals surface area contributed by atoms with E-state index in [1.165, 1.54) is 24.5 Å². The van der Waals surface area contributed by atoms with E-state index in [-0.39, 0.29) is 6.54 Å². The summed E-state index contributed by atoms with van der Waals surface area (Å²) in [6, 6.07) is 8.19. The Morgan fingerprint density at radius 2 is 1.75 bits per heavy atom. The standard InChI is InChI=1S/C14H11ClF2N2O/c15-12-3-1-11(2-4-12)14(16,17)13(20)19-9-10-5-7-18-8-6-10/h1-8H,9H2,(H,19,20). The number of amides is 1. The van der Waals surface area contributed by atoms with E-state index in [1.54, 1.807) is 12.1 Å². The molecule has 1 N–H and O–H groups in total. The molecule has 0 radical (unpaired) electrons. The number of hydrogen-bond donors (Lipinski definition) is 1. The first-order valence-corrected chi connectivity index (χ1v) is 6.19. The number of alkyl halides is 2. The summed E-state index contributed by atoms with van der Waals surface area (Å²) >= 11 is 5.63. The Balaban J connectivity index is 2.05. The van der Waals surface area contributed by atoms with Crippen molar-refractivity contribution >= 4 is 17.5 Å². The first-order chi connectivity index (χ1) is 9.50. The van der Waals surface area contributed by atoms with Gasteiger partial charge in [-0.3, -0.25) is 9.78 Å². The Kier molecular flexibility index (Phi) is 4.29. The minimum Gasteiger partial charge on any atom is -0.346 e. The van der Waals surface area contributed by atoms with E-state index < -0.39 is 17.4 Å². The lowest BCUT2D eigenvalue weighted by atomic mass is 10.1. The van der Waals surface area contributed by atoms with Crippen molar-refractivity contribution in [1.29, 1.82) is 0 Å². The van der Waals surface area contributed by atoms with Crippen LogP contribution in [0.3, 0.4) is 0 Å². The maximum atomic E-state index is 13.9. The van der Waals surface area contributed by atoms with Gasteiger partial charge in [0, 0.05) is 29.5 Å². The van der Waals surface area contributed by atoms with Gasteiger partial charge < -0.3 is 5.32 Å². The number of nitrogens with one attached hydrogen (secondary N) is 1. The van der Waals surface area contributed by atoms with Crippen LogP contribution in [0.1, 0.15) is 11.1 Å². The van der Waals surface area contributed by atoms with Crippen molar-refractivity contribution in [2.45, 2.75) is 12.5 Å². The van der Waals surface area contributed by atoms with E-state index in [2.05, 4.69) is 10.3 Å². The zero-order valence-corrected chi connectivity index (χ0v) is 11.1. The highest BCUT2D eigenvalue weighted by molar-refractivity contribution is 6.30. The summed E-state index contributed by atoms with van der Waals surface area (Å²) < 4.78 is 27.8. The number of benzene rings is 1. The van der Waals surface area contributed by atoms with Crippen molar-refractivity contribution < 1.29 is 13.6 Å². The third kappa shape index (κ3) is 3.30. The van der Waals surface area contributed by atoms with Gasteiger partial charge in [-0.15, -0.1) is 0 Å². The third-order valence-electron chi connectivity index (χ3n) is 2.69. The zero-order chi connectivity index (χ0) is 14.6. The van der Waals surface area contributed by atoms with E-state index in [4.69, 9.17) is 11.6 Å². The van der Waals surface area contributed by atoms with Gasteiger partial charge in [-0.2, -0.15) is 8.78 Å². The summed E-state index contributed by atoms with van der Waals surface area (Å²) in [4.78, 5) is 15.4. The predicted octanol–water partition coefficient (Wildman–Crippen LogP) is 3.14. The molecule has 0 aliphatic heterocycles. The van der Waals surface area contributed by atoms with Gasteiger partial charge in [0.05, 0.1) is 0 Å². The van der Waals surface area contributed by atoms with Crippen LogP contribution in [-0.4, -0.2) is 10.9 Å². The van der Waals surface area contributed by atoms with Crippen LogP contribution in [-0.2, 0) is 17.3 Å². The van der Waals surface area contributed by atoms with Crippen LogP contribution in [0.5, 0.6) is 0 Å². The summed E-state index contributed by atoms with van der Waals surface area (Å²) in [5, 5.41) is 2.54. The molecule has 0 atom stereocenters. The third-order valence-corrected chi connectivity index (χ3v) is 2.95. The van der Waals surface area contributed by atoms with Crippen molar-refractivity contribution in [3.05, 3.63) is 64.9 Å². The van der Waals surface area contributed by atoms with Gasteiger partial charge in [-0.1, -0.05) is 23.7 Å². The van der Waals surface area contributed by atoms with E-state index in [0.29, 0.717) is 10.6 Å². The van der Waals surface area contributed by atoms with Crippen LogP contribution >= 0.6 is 11.6 Å². The second-order valence-corrected chi connectivity index (χ2v) is 4.56. The Bertz CT molecular complexity index is 588. The molecule has 0 saturated carbocycles. The Labute approximate surface area is 119 Å². The quantitative estimate of drug-likeness (QED) is 0.942. The highest BCUT2D eigenvalue weighted by Crippen LogP contribution is 2.29. The van der Waals surface area contributed by atoms with Gasteiger partial charge in [0.15, 0.2) is 0 Å². The number of carbonyl (C=O) groups excluding carboxylic acids is 1. The summed E-state index contributed by atoms with van der Waals surface area (Å²) in [7, 11) is 0. The Hall–Kier alpha value is -2.01. The molecule has 0 unspecified atom stereocenters. The van der Waals surface area contributed by atoms with Gasteiger partial charge in [0.1, 0.15) is 0 Å². The highest BCUT2D eigenvalue weighted by Gasteiger charge is 2.40. The molecule has 0 aliphatic rings. The van der Waals surface area contributed by atoms with E-state index >= 15 is 0 Å². The highest BCUT2D eigenvalue weighted by atomic mass is 35.5. The summed E-state index contributed by atoms with van der Waals surface area (Å²) in [5.41, 5.74) is 0.300. The van der Waals surface area contributed by atoms with Crippen LogP contribution in [0, 0.1) is 0 Å². The van der Waals surface area contributed by atoms with Crippen LogP contribution in [0.2, 0.25) is 5.02 Å². The number of rotatable bonds is 4. The van der Waals surface area contributed by atoms with E-state index in [1.807, 2.05) is 0 Å². The lowest BCUT2D eigenvalue weighted by Crippen LogP contribution is -2.37. The number of carbonyl (C=O) groups is 1. The first-order valence-electron chi connectivity index (χ1n) is 5.81. The molecule has 1 amide bonds. The monoisotopic (exact) mass is 296 g/mol. The molecule has 0 fully saturated rings. The molecule has 20 heavy (non-hydrogen) atoms. The van der Waals surface area contributed by atoms with Crippen LogP contribution in [0.15, 0.2) is 48.8 Å². The smallest absolute Gasteiger partial charge is 0.346 e. The van der Waals surface area contributed by atoms with Crippen molar-refractivity contribution in [2.24, 2.45) is 0 Å². The number of halogens is 3. The van der Waals surface area contributed by atoms with Crippen LogP contribution < -0.4 is 5.32 Å². The second-order valence-electron chi connectivity index (χ2n) is 4.12. The van der Waals surface area contributed by atoms with E-state index in [9.17, 15) is 13.6 Å². The van der Waals surface area contributed by atoms with Gasteiger partial charge >= 0.3 is 5.92 Å². The Morgan fingerprint density at radius 3 is 2.35 bits per heavy atom. The lowest BCUT2D eigenvalue weighted by Gasteiger charge is -2.16. The minimum absolute atomic E-state index is 0.0184. The summed E-state index contributed by atoms with van der Waals surface area (Å²) in [5.74, 6) is -4.95. The average molecular weight is 297 g/mol. The molecule has 2 aromatic rings. The molecular weight excluding hydrogens is 286 g/mol. The minimum atomic E-state index is -3.60. The fourth-order valence-electron chi connectivity index (χ4n) is 1.58. The molecule has 6 heteroatoms. The molecule has 0 saturated heterocycles. The Morgan fingerprint density at radius 1 is 1.15 bits per heavy atom. The topological polar surface area (TPSA) is 42.0 Å². The van der Waals surface area contributed by atoms with Gasteiger partial charge in [-0.25, -0.2) is 0 Å². The molecular formula is C14H11ClF2N2O. The number of pyridine rings is 1. The molecule has 1 heterocycles. The van der Waals surface area contributed by atoms with Crippen molar-refractivity contribution in [3.8, 4) is 0 Å². The van der Waals surface area contributed by atoms with Crippen molar-refractivity contribution in [3.63, 3.8) is 0 Å². The largest absolute Gasteiger partial charge is 0.349 e. The second kappa shape index (κ2) is 5.96. The van der Waals surface area contributed by atoms with Crippen molar-refractivity contribution in [2.75, 3.05) is 0 Å². The molecule has 3 nitrogen and oxygen atoms in total. The molecule has 0 bridgehead atoms. The summed E-state index contributed by atoms with van der Waals surface area (Å²) in [6.07, 6.45) is 3.05. The SMILES string of the molecule is O=C(NCc1ccncc1)C(F)(F)c1ccc(Cl)cc1. The maximum absolute atomic E-state index is 13.9. The molecule has 1 aromatic carbocycles. The van der Waals surface area contributed by atoms with Crippen molar-refractivity contribution in [1.82, 2.24) is 10.3 Å². The van der Waals surface area contributed by atoms with Crippen LogP contribution in [0.25, 0.3) is 0 Å². The number of aromatic nitrogens is 1. The zero-order valence-electron chi connectivity index (χ0n) is 10.3. The first kappa shape index (κ1) is 14.4. The molecule has 104 valence electrons. The van der Waals surface area contributed by atoms with Gasteiger partial charge in [-0.05, 0) is 29.8 Å². The van der Waals surface area contributed by atoms with E-state index in [0.717, 1.165) is 12.1 Å². The fourth-order valence-corrected chi connectivity index (χ4v) is 1.71. The molecule has 2 rings (SSSR count). The average Bonchev–Trinajstić information content (AvgIpc) is 2.46. The predicted molar refractivity (Wildman–Crippen MR) is 71.4 cm³/mol. The number of nitrogens with zero attached hydrogens (tertiary/aromatic N) is 1. The molecule has 0 spiro atoms. The summed E-state index contributed by atoms with van der Waals surface area (Å²) in [6.45, 7) is 0.0184. The number of hydrogen-bond acceptors (Lipinski definition) is 2. The molecule has 1 aromatic heterocycles. The van der Waals surface area contributed by atoms with Gasteiger partial charge in [0.2, 0.25) is 0 Å². The normalized spacial score (nSPS) is 11.2. The van der Waals surface area contributed by atoms with Gasteiger partial charge in [0.25, 0.3) is 5.91 Å². The van der Waals surface area contributed by atoms with Crippen LogP contribution in [0.4, 0.5) is 8.78 Å². The lowest BCUT2D eigenvalue weighted by molar-refractivity contribution is -0.147. The maximum Gasteiger partial charge on any atom is 0.349 e. The fraction of sp³-hybridized carbons (Fsp3) is 0.143.